The van der Waals surface area contributed by atoms with Gasteiger partial charge in [0.25, 0.3) is 5.91 Å². The zero-order valence-electron chi connectivity index (χ0n) is 21.2. The van der Waals surface area contributed by atoms with Gasteiger partial charge < -0.3 is 20.7 Å². The first-order valence-electron chi connectivity index (χ1n) is 12.4. The van der Waals surface area contributed by atoms with Crippen LogP contribution in [-0.4, -0.2) is 51.4 Å². The summed E-state index contributed by atoms with van der Waals surface area (Å²) in [6.07, 6.45) is 2.03. The van der Waals surface area contributed by atoms with Crippen LogP contribution in [0.25, 0.3) is 0 Å². The summed E-state index contributed by atoms with van der Waals surface area (Å²) in [6.45, 7) is 6.50. The number of benzene rings is 2. The van der Waals surface area contributed by atoms with E-state index < -0.39 is 23.9 Å². The minimum Gasteiger partial charge on any atom is -0.491 e. The summed E-state index contributed by atoms with van der Waals surface area (Å²) in [4.78, 5) is 39.7. The van der Waals surface area contributed by atoms with E-state index in [1.54, 1.807) is 29.1 Å². The van der Waals surface area contributed by atoms with E-state index in [4.69, 9.17) is 4.74 Å². The predicted octanol–water partition coefficient (Wildman–Crippen LogP) is 1.78. The van der Waals surface area contributed by atoms with Gasteiger partial charge in [-0.15, -0.1) is 5.10 Å². The molecule has 2 aromatic carbocycles. The van der Waals surface area contributed by atoms with Crippen molar-refractivity contribution in [2.75, 3.05) is 6.61 Å². The number of rotatable bonds is 3. The number of carbonyl (C=O) groups excluding carboxylic acids is 3. The van der Waals surface area contributed by atoms with Gasteiger partial charge in [-0.3, -0.25) is 14.4 Å². The molecular weight excluding hydrogens is 472 g/mol. The molecule has 1 aliphatic rings. The molecule has 4 rings (SSSR count). The molecule has 2 heterocycles. The van der Waals surface area contributed by atoms with Crippen LogP contribution in [0.4, 0.5) is 0 Å². The third-order valence-electron chi connectivity index (χ3n) is 6.21. The number of fused-ring (bicyclic) bond motifs is 4. The van der Waals surface area contributed by atoms with Gasteiger partial charge in [0.05, 0.1) is 19.3 Å². The fourth-order valence-corrected chi connectivity index (χ4v) is 4.06. The van der Waals surface area contributed by atoms with Crippen LogP contribution in [0.2, 0.25) is 0 Å². The minimum absolute atomic E-state index is 0.159. The Morgan fingerprint density at radius 1 is 1.05 bits per heavy atom. The number of nitrogens with one attached hydrogen (secondary N) is 3. The van der Waals surface area contributed by atoms with Crippen LogP contribution in [0.15, 0.2) is 54.7 Å². The van der Waals surface area contributed by atoms with Gasteiger partial charge in [0, 0.05) is 12.0 Å². The monoisotopic (exact) mass is 504 g/mol. The van der Waals surface area contributed by atoms with Gasteiger partial charge in [-0.25, -0.2) is 4.68 Å². The molecule has 1 aromatic heterocycles. The molecule has 0 unspecified atom stereocenters. The van der Waals surface area contributed by atoms with Crippen LogP contribution in [0, 0.1) is 12.8 Å². The van der Waals surface area contributed by atoms with Gasteiger partial charge in [-0.05, 0) is 36.1 Å². The number of hydrogen-bond donors (Lipinski definition) is 3. The van der Waals surface area contributed by atoms with Crippen molar-refractivity contribution < 1.29 is 19.1 Å². The SMILES string of the molecule is Cc1ccc2cc1OCCn1cc(nn1)CNC(=O)[C@H](Cc1ccccc1)NC(=O)[C@H](C(C)C)NC2=O. The van der Waals surface area contributed by atoms with Crippen LogP contribution in [0.5, 0.6) is 5.75 Å². The van der Waals surface area contributed by atoms with E-state index in [0.29, 0.717) is 36.6 Å². The molecule has 1 aliphatic heterocycles. The average molecular weight is 505 g/mol. The molecule has 4 bridgehead atoms. The lowest BCUT2D eigenvalue weighted by atomic mass is 10.00. The molecule has 3 aromatic rings. The molecular formula is C27H32N6O4. The number of carbonyl (C=O) groups is 3. The Morgan fingerprint density at radius 2 is 1.84 bits per heavy atom. The van der Waals surface area contributed by atoms with Gasteiger partial charge in [0.2, 0.25) is 11.8 Å². The summed E-state index contributed by atoms with van der Waals surface area (Å²) in [5.41, 5.74) is 2.75. The van der Waals surface area contributed by atoms with Crippen molar-refractivity contribution >= 4 is 17.7 Å². The molecule has 10 heteroatoms. The summed E-state index contributed by atoms with van der Waals surface area (Å²) in [7, 11) is 0. The Bertz CT molecular complexity index is 1260. The zero-order valence-corrected chi connectivity index (χ0v) is 21.2. The van der Waals surface area contributed by atoms with E-state index in [1.807, 2.05) is 51.1 Å². The number of aryl methyl sites for hydroxylation is 1. The van der Waals surface area contributed by atoms with Crippen LogP contribution < -0.4 is 20.7 Å². The predicted molar refractivity (Wildman–Crippen MR) is 137 cm³/mol. The number of hydrogen-bond acceptors (Lipinski definition) is 6. The highest BCUT2D eigenvalue weighted by Gasteiger charge is 2.29. The molecule has 2 atom stereocenters. The van der Waals surface area contributed by atoms with Gasteiger partial charge in [-0.2, -0.15) is 0 Å². The van der Waals surface area contributed by atoms with Crippen molar-refractivity contribution in [1.29, 1.82) is 0 Å². The third-order valence-corrected chi connectivity index (χ3v) is 6.21. The maximum absolute atomic E-state index is 13.4. The molecule has 10 nitrogen and oxygen atoms in total. The Balaban J connectivity index is 1.64. The highest BCUT2D eigenvalue weighted by atomic mass is 16.5. The average Bonchev–Trinajstić information content (AvgIpc) is 3.34. The Labute approximate surface area is 215 Å². The Kier molecular flexibility index (Phi) is 8.17. The van der Waals surface area contributed by atoms with Crippen LogP contribution in [-0.2, 0) is 29.1 Å². The summed E-state index contributed by atoms with van der Waals surface area (Å²) >= 11 is 0. The number of aromatic nitrogens is 3. The first-order chi connectivity index (χ1) is 17.8. The quantitative estimate of drug-likeness (QED) is 0.499. The molecule has 194 valence electrons. The van der Waals surface area contributed by atoms with E-state index >= 15 is 0 Å². The van der Waals surface area contributed by atoms with Crippen molar-refractivity contribution in [2.24, 2.45) is 5.92 Å². The first-order valence-corrected chi connectivity index (χ1v) is 12.4. The van der Waals surface area contributed by atoms with Gasteiger partial charge in [0.1, 0.15) is 30.1 Å². The topological polar surface area (TPSA) is 127 Å². The lowest BCUT2D eigenvalue weighted by Gasteiger charge is -2.25. The van der Waals surface area contributed by atoms with E-state index in [0.717, 1.165) is 11.1 Å². The zero-order chi connectivity index (χ0) is 26.4. The number of amides is 3. The molecule has 3 N–H and O–H groups in total. The molecule has 0 saturated carbocycles. The lowest BCUT2D eigenvalue weighted by molar-refractivity contribution is -0.130. The van der Waals surface area contributed by atoms with E-state index in [2.05, 4.69) is 26.3 Å². The van der Waals surface area contributed by atoms with Crippen LogP contribution >= 0.6 is 0 Å². The summed E-state index contributed by atoms with van der Waals surface area (Å²) in [5, 5.41) is 16.8. The largest absolute Gasteiger partial charge is 0.491 e. The van der Waals surface area contributed by atoms with Crippen molar-refractivity contribution in [1.82, 2.24) is 30.9 Å². The van der Waals surface area contributed by atoms with Crippen molar-refractivity contribution in [3.63, 3.8) is 0 Å². The highest BCUT2D eigenvalue weighted by Crippen LogP contribution is 2.20. The fourth-order valence-electron chi connectivity index (χ4n) is 4.06. The van der Waals surface area contributed by atoms with Crippen LogP contribution in [0.3, 0.4) is 0 Å². The van der Waals surface area contributed by atoms with Crippen LogP contribution in [0.1, 0.15) is 41.0 Å². The smallest absolute Gasteiger partial charge is 0.252 e. The van der Waals surface area contributed by atoms with E-state index in [1.165, 1.54) is 0 Å². The molecule has 0 saturated heterocycles. The summed E-state index contributed by atoms with van der Waals surface area (Å²) < 4.78 is 7.53. The van der Waals surface area contributed by atoms with Crippen molar-refractivity contribution in [3.8, 4) is 5.75 Å². The maximum Gasteiger partial charge on any atom is 0.252 e. The van der Waals surface area contributed by atoms with Gasteiger partial charge in [0.15, 0.2) is 0 Å². The second-order valence-electron chi connectivity index (χ2n) is 9.47. The van der Waals surface area contributed by atoms with Crippen molar-refractivity contribution in [3.05, 3.63) is 77.1 Å². The minimum atomic E-state index is -0.846. The first kappa shape index (κ1) is 25.9. The number of ether oxygens (including phenoxy) is 1. The third kappa shape index (κ3) is 6.72. The molecule has 0 spiro atoms. The lowest BCUT2D eigenvalue weighted by Crippen LogP contribution is -2.56. The number of nitrogens with zero attached hydrogens (tertiary/aromatic N) is 3. The second-order valence-corrected chi connectivity index (χ2v) is 9.47. The standard InChI is InChI=1S/C27H32N6O4/c1-17(2)24-27(36)29-22(13-19-7-5-4-6-8-19)26(35)28-15-21-16-33(32-31-21)11-12-37-23-14-20(25(34)30-24)10-9-18(23)3/h4-10,14,16-17,22,24H,11-13,15H2,1-3H3,(H,28,35)(H,29,36)(H,30,34)/t22-,24-/m0/s1. The van der Waals surface area contributed by atoms with Gasteiger partial charge >= 0.3 is 0 Å². The second kappa shape index (κ2) is 11.7. The van der Waals surface area contributed by atoms with Gasteiger partial charge in [-0.1, -0.05) is 55.5 Å². The van der Waals surface area contributed by atoms with E-state index in [-0.39, 0.29) is 18.4 Å². The Hall–Kier alpha value is -4.21. The Morgan fingerprint density at radius 3 is 2.59 bits per heavy atom. The molecule has 0 radical (unpaired) electrons. The molecule has 37 heavy (non-hydrogen) atoms. The fraction of sp³-hybridized carbons (Fsp3) is 0.370. The normalized spacial score (nSPS) is 19.2. The molecule has 3 amide bonds. The maximum atomic E-state index is 13.4. The summed E-state index contributed by atoms with van der Waals surface area (Å²) in [5.74, 6) is -0.825. The van der Waals surface area contributed by atoms with E-state index in [9.17, 15) is 14.4 Å². The summed E-state index contributed by atoms with van der Waals surface area (Å²) in [6, 6.07) is 12.9. The highest BCUT2D eigenvalue weighted by molar-refractivity contribution is 5.98. The van der Waals surface area contributed by atoms with Crippen molar-refractivity contribution in [2.45, 2.75) is 52.4 Å². The molecule has 0 fully saturated rings. The molecule has 0 aliphatic carbocycles.